The summed E-state index contributed by atoms with van der Waals surface area (Å²) in [4.78, 5) is 11.4. The SMILES string of the molecule is CCC(C)(C)C(=O)OC(C)OC. The summed E-state index contributed by atoms with van der Waals surface area (Å²) >= 11 is 0. The van der Waals surface area contributed by atoms with Crippen LogP contribution in [0.2, 0.25) is 0 Å². The highest BCUT2D eigenvalue weighted by Crippen LogP contribution is 2.22. The van der Waals surface area contributed by atoms with Crippen LogP contribution >= 0.6 is 0 Å². The van der Waals surface area contributed by atoms with Crippen LogP contribution < -0.4 is 0 Å². The summed E-state index contributed by atoms with van der Waals surface area (Å²) < 4.78 is 9.81. The van der Waals surface area contributed by atoms with Crippen LogP contribution in [-0.2, 0) is 14.3 Å². The van der Waals surface area contributed by atoms with Crippen molar-refractivity contribution in [3.63, 3.8) is 0 Å². The van der Waals surface area contributed by atoms with Gasteiger partial charge < -0.3 is 9.47 Å². The monoisotopic (exact) mass is 174 g/mol. The first-order valence-corrected chi connectivity index (χ1v) is 4.18. The number of carbonyl (C=O) groups excluding carboxylic acids is 1. The zero-order valence-electron chi connectivity index (χ0n) is 8.51. The number of hydrogen-bond donors (Lipinski definition) is 0. The van der Waals surface area contributed by atoms with Gasteiger partial charge in [-0.3, -0.25) is 4.79 Å². The number of esters is 1. The fourth-order valence-corrected chi connectivity index (χ4v) is 0.503. The van der Waals surface area contributed by atoms with Gasteiger partial charge in [-0.05, 0) is 27.2 Å². The smallest absolute Gasteiger partial charge is 0.313 e. The molecule has 72 valence electrons. The molecule has 0 saturated heterocycles. The molecule has 12 heavy (non-hydrogen) atoms. The van der Waals surface area contributed by atoms with Crippen LogP contribution in [0.3, 0.4) is 0 Å². The molecule has 0 spiro atoms. The standard InChI is InChI=1S/C9H18O3/c1-6-9(3,4)8(10)12-7(2)11-5/h7H,6H2,1-5H3. The maximum absolute atomic E-state index is 11.4. The second-order valence-electron chi connectivity index (χ2n) is 3.45. The topological polar surface area (TPSA) is 35.5 Å². The average molecular weight is 174 g/mol. The lowest BCUT2D eigenvalue weighted by Gasteiger charge is -2.22. The van der Waals surface area contributed by atoms with E-state index in [9.17, 15) is 4.79 Å². The van der Waals surface area contributed by atoms with Crippen molar-refractivity contribution in [2.24, 2.45) is 5.41 Å². The highest BCUT2D eigenvalue weighted by atomic mass is 16.7. The minimum atomic E-state index is -0.455. The molecule has 0 heterocycles. The molecule has 0 saturated carbocycles. The van der Waals surface area contributed by atoms with Crippen LogP contribution in [-0.4, -0.2) is 19.4 Å². The molecule has 3 nitrogen and oxygen atoms in total. The quantitative estimate of drug-likeness (QED) is 0.482. The maximum atomic E-state index is 11.4. The molecule has 0 N–H and O–H groups in total. The Balaban J connectivity index is 4.03. The molecule has 0 aliphatic carbocycles. The van der Waals surface area contributed by atoms with Gasteiger partial charge >= 0.3 is 5.97 Å². The third kappa shape index (κ3) is 3.22. The second-order valence-corrected chi connectivity index (χ2v) is 3.45. The summed E-state index contributed by atoms with van der Waals surface area (Å²) in [6.45, 7) is 7.37. The Labute approximate surface area is 74.0 Å². The maximum Gasteiger partial charge on any atom is 0.313 e. The molecule has 1 unspecified atom stereocenters. The lowest BCUT2D eigenvalue weighted by atomic mass is 9.91. The number of methoxy groups -OCH3 is 1. The zero-order chi connectivity index (χ0) is 9.78. The van der Waals surface area contributed by atoms with Crippen LogP contribution in [0.15, 0.2) is 0 Å². The van der Waals surface area contributed by atoms with E-state index in [1.807, 2.05) is 20.8 Å². The van der Waals surface area contributed by atoms with E-state index < -0.39 is 11.7 Å². The van der Waals surface area contributed by atoms with Gasteiger partial charge in [-0.25, -0.2) is 0 Å². The fraction of sp³-hybridized carbons (Fsp3) is 0.889. The average Bonchev–Trinajstić information content (AvgIpc) is 2.04. The van der Waals surface area contributed by atoms with Gasteiger partial charge in [0.25, 0.3) is 0 Å². The largest absolute Gasteiger partial charge is 0.436 e. The van der Waals surface area contributed by atoms with E-state index >= 15 is 0 Å². The summed E-state index contributed by atoms with van der Waals surface area (Å²) in [7, 11) is 1.51. The van der Waals surface area contributed by atoms with Crippen molar-refractivity contribution in [3.05, 3.63) is 0 Å². The number of ether oxygens (including phenoxy) is 2. The van der Waals surface area contributed by atoms with Crippen molar-refractivity contribution in [1.29, 1.82) is 0 Å². The van der Waals surface area contributed by atoms with E-state index in [1.54, 1.807) is 6.92 Å². The number of hydrogen-bond acceptors (Lipinski definition) is 3. The Morgan fingerprint density at radius 2 is 2.00 bits per heavy atom. The van der Waals surface area contributed by atoms with Crippen molar-refractivity contribution < 1.29 is 14.3 Å². The number of rotatable bonds is 4. The highest BCUT2D eigenvalue weighted by Gasteiger charge is 2.28. The summed E-state index contributed by atoms with van der Waals surface area (Å²) in [5, 5.41) is 0. The van der Waals surface area contributed by atoms with Gasteiger partial charge in [-0.2, -0.15) is 0 Å². The van der Waals surface area contributed by atoms with Crippen LogP contribution in [0.1, 0.15) is 34.1 Å². The second kappa shape index (κ2) is 4.45. The molecule has 0 radical (unpaired) electrons. The molecular formula is C9H18O3. The summed E-state index contributed by atoms with van der Waals surface area (Å²) in [6, 6.07) is 0. The third-order valence-electron chi connectivity index (χ3n) is 2.04. The minimum absolute atomic E-state index is 0.209. The van der Waals surface area contributed by atoms with Gasteiger partial charge in [0.05, 0.1) is 5.41 Å². The molecule has 0 aromatic rings. The Bertz CT molecular complexity index is 152. The molecule has 0 aromatic carbocycles. The van der Waals surface area contributed by atoms with E-state index in [2.05, 4.69) is 0 Å². The molecule has 3 heteroatoms. The molecular weight excluding hydrogens is 156 g/mol. The first kappa shape index (κ1) is 11.4. The molecule has 1 atom stereocenters. The van der Waals surface area contributed by atoms with Crippen LogP contribution in [0.5, 0.6) is 0 Å². The first-order valence-electron chi connectivity index (χ1n) is 4.18. The highest BCUT2D eigenvalue weighted by molar-refractivity contribution is 5.75. The van der Waals surface area contributed by atoms with E-state index in [1.165, 1.54) is 7.11 Å². The van der Waals surface area contributed by atoms with Crippen molar-refractivity contribution in [3.8, 4) is 0 Å². The minimum Gasteiger partial charge on any atom is -0.436 e. The van der Waals surface area contributed by atoms with Gasteiger partial charge in [-0.15, -0.1) is 0 Å². The first-order chi connectivity index (χ1) is 5.44. The summed E-state index contributed by atoms with van der Waals surface area (Å²) in [6.07, 6.45) is 0.311. The Morgan fingerprint density at radius 3 is 2.33 bits per heavy atom. The van der Waals surface area contributed by atoms with Gasteiger partial charge in [0.15, 0.2) is 6.29 Å². The molecule has 0 bridgehead atoms. The van der Waals surface area contributed by atoms with Crippen molar-refractivity contribution >= 4 is 5.97 Å². The van der Waals surface area contributed by atoms with Crippen LogP contribution in [0.4, 0.5) is 0 Å². The summed E-state index contributed by atoms with van der Waals surface area (Å²) in [5.74, 6) is -0.209. The molecule has 0 fully saturated rings. The van der Waals surface area contributed by atoms with Gasteiger partial charge in [0.2, 0.25) is 0 Å². The molecule has 0 aromatic heterocycles. The van der Waals surface area contributed by atoms with Crippen molar-refractivity contribution in [2.45, 2.75) is 40.4 Å². The zero-order valence-corrected chi connectivity index (χ0v) is 8.51. The molecule has 0 aliphatic heterocycles. The van der Waals surface area contributed by atoms with E-state index in [0.29, 0.717) is 0 Å². The lowest BCUT2D eigenvalue weighted by Crippen LogP contribution is -2.29. The Kier molecular flexibility index (Phi) is 4.24. The van der Waals surface area contributed by atoms with Gasteiger partial charge in [0.1, 0.15) is 0 Å². The van der Waals surface area contributed by atoms with Crippen LogP contribution in [0.25, 0.3) is 0 Å². The van der Waals surface area contributed by atoms with E-state index in [0.717, 1.165) is 6.42 Å². The lowest BCUT2D eigenvalue weighted by molar-refractivity contribution is -0.180. The van der Waals surface area contributed by atoms with Gasteiger partial charge in [-0.1, -0.05) is 6.92 Å². The Morgan fingerprint density at radius 1 is 1.50 bits per heavy atom. The van der Waals surface area contributed by atoms with Crippen LogP contribution in [0, 0.1) is 5.41 Å². The van der Waals surface area contributed by atoms with E-state index in [4.69, 9.17) is 9.47 Å². The van der Waals surface area contributed by atoms with Crippen molar-refractivity contribution in [1.82, 2.24) is 0 Å². The van der Waals surface area contributed by atoms with Crippen molar-refractivity contribution in [2.75, 3.05) is 7.11 Å². The normalized spacial score (nSPS) is 14.1. The molecule has 0 aliphatic rings. The molecule has 0 rings (SSSR count). The number of carbonyl (C=O) groups is 1. The van der Waals surface area contributed by atoms with Gasteiger partial charge in [0, 0.05) is 7.11 Å². The fourth-order valence-electron chi connectivity index (χ4n) is 0.503. The predicted molar refractivity (Wildman–Crippen MR) is 46.6 cm³/mol. The third-order valence-corrected chi connectivity index (χ3v) is 2.04. The summed E-state index contributed by atoms with van der Waals surface area (Å²) in [5.41, 5.74) is -0.410. The Hall–Kier alpha value is -0.570. The predicted octanol–water partition coefficient (Wildman–Crippen LogP) is 1.96. The van der Waals surface area contributed by atoms with E-state index in [-0.39, 0.29) is 5.97 Å². The molecule has 0 amide bonds.